The van der Waals surface area contributed by atoms with Crippen molar-refractivity contribution in [2.24, 2.45) is 5.73 Å². The number of nitrogens with two attached hydrogens (primary N) is 1. The second-order valence-electron chi connectivity index (χ2n) is 4.98. The molecule has 0 radical (unpaired) electrons. The van der Waals surface area contributed by atoms with Crippen LogP contribution in [0.25, 0.3) is 0 Å². The van der Waals surface area contributed by atoms with Crippen molar-refractivity contribution in [2.75, 3.05) is 20.8 Å². The molecule has 0 unspecified atom stereocenters. The van der Waals surface area contributed by atoms with Crippen LogP contribution in [0.15, 0.2) is 6.07 Å². The summed E-state index contributed by atoms with van der Waals surface area (Å²) in [5.74, 6) is -0.114. The third-order valence-electron chi connectivity index (χ3n) is 4.06. The summed E-state index contributed by atoms with van der Waals surface area (Å²) in [7, 11) is 2.92. The van der Waals surface area contributed by atoms with Gasteiger partial charge in [-0.2, -0.15) is 0 Å². The molecule has 0 heterocycles. The van der Waals surface area contributed by atoms with E-state index in [1.165, 1.54) is 14.2 Å². The third kappa shape index (κ3) is 2.28. The summed E-state index contributed by atoms with van der Waals surface area (Å²) in [5.41, 5.74) is 6.65. The highest BCUT2D eigenvalue weighted by Gasteiger charge is 2.38. The highest BCUT2D eigenvalue weighted by atomic mass is 35.5. The predicted molar refractivity (Wildman–Crippen MR) is 73.7 cm³/mol. The first kappa shape index (κ1) is 14.4. The molecule has 0 aromatic heterocycles. The molecule has 2 rings (SSSR count). The average Bonchev–Trinajstić information content (AvgIpc) is 2.91. The number of hydrogen-bond donors (Lipinski definition) is 1. The van der Waals surface area contributed by atoms with Crippen LogP contribution in [0.2, 0.25) is 5.02 Å². The second kappa shape index (κ2) is 5.55. The molecule has 1 fully saturated rings. The van der Waals surface area contributed by atoms with Gasteiger partial charge in [0.1, 0.15) is 0 Å². The van der Waals surface area contributed by atoms with Crippen LogP contribution in [0.3, 0.4) is 0 Å². The van der Waals surface area contributed by atoms with Gasteiger partial charge in [-0.05, 0) is 18.9 Å². The molecule has 0 amide bonds. The normalized spacial score (nSPS) is 17.5. The van der Waals surface area contributed by atoms with Crippen LogP contribution in [-0.4, -0.2) is 20.8 Å². The topological polar surface area (TPSA) is 44.5 Å². The molecular formula is C14H19ClFNO2. The molecule has 1 aliphatic carbocycles. The highest BCUT2D eigenvalue weighted by Crippen LogP contribution is 2.49. The number of methoxy groups -OCH3 is 2. The summed E-state index contributed by atoms with van der Waals surface area (Å²) in [5, 5.41) is 0.0485. The van der Waals surface area contributed by atoms with E-state index >= 15 is 0 Å². The molecule has 106 valence electrons. The molecule has 2 N–H and O–H groups in total. The standard InChI is InChI=1S/C14H19ClFNO2/c1-18-12-9(14(8-17)5-3-4-6-14)7-10(15)11(16)13(12)19-2/h7H,3-6,8,17H2,1-2H3. The van der Waals surface area contributed by atoms with E-state index in [9.17, 15) is 4.39 Å². The quantitative estimate of drug-likeness (QED) is 0.924. The van der Waals surface area contributed by atoms with Crippen molar-refractivity contribution in [3.63, 3.8) is 0 Å². The Morgan fingerprint density at radius 1 is 1.26 bits per heavy atom. The monoisotopic (exact) mass is 287 g/mol. The Morgan fingerprint density at radius 2 is 1.84 bits per heavy atom. The van der Waals surface area contributed by atoms with Crippen molar-refractivity contribution in [3.05, 3.63) is 22.5 Å². The second-order valence-corrected chi connectivity index (χ2v) is 5.39. The zero-order valence-corrected chi connectivity index (χ0v) is 12.0. The summed E-state index contributed by atoms with van der Waals surface area (Å²) >= 11 is 5.97. The van der Waals surface area contributed by atoms with E-state index in [1.54, 1.807) is 6.07 Å². The lowest BCUT2D eigenvalue weighted by atomic mass is 9.78. The van der Waals surface area contributed by atoms with Gasteiger partial charge in [-0.25, -0.2) is 4.39 Å². The minimum absolute atomic E-state index is 0.0485. The van der Waals surface area contributed by atoms with Crippen molar-refractivity contribution in [1.29, 1.82) is 0 Å². The van der Waals surface area contributed by atoms with Crippen molar-refractivity contribution in [3.8, 4) is 11.5 Å². The van der Waals surface area contributed by atoms with Crippen molar-refractivity contribution in [1.82, 2.24) is 0 Å². The molecule has 0 aliphatic heterocycles. The number of ether oxygens (including phenoxy) is 2. The molecule has 19 heavy (non-hydrogen) atoms. The summed E-state index contributed by atoms with van der Waals surface area (Å²) < 4.78 is 24.5. The maximum atomic E-state index is 14.0. The summed E-state index contributed by atoms with van der Waals surface area (Å²) in [6, 6.07) is 1.64. The van der Waals surface area contributed by atoms with E-state index in [1.807, 2.05) is 0 Å². The van der Waals surface area contributed by atoms with E-state index in [4.69, 9.17) is 26.8 Å². The smallest absolute Gasteiger partial charge is 0.198 e. The maximum Gasteiger partial charge on any atom is 0.198 e. The van der Waals surface area contributed by atoms with Crippen LogP contribution in [0.5, 0.6) is 11.5 Å². The fraction of sp³-hybridized carbons (Fsp3) is 0.571. The Bertz CT molecular complexity index is 473. The number of halogens is 2. The Labute approximate surface area is 117 Å². The van der Waals surface area contributed by atoms with Gasteiger partial charge in [0.25, 0.3) is 0 Å². The zero-order chi connectivity index (χ0) is 14.0. The van der Waals surface area contributed by atoms with Crippen LogP contribution < -0.4 is 15.2 Å². The number of rotatable bonds is 4. The van der Waals surface area contributed by atoms with Crippen LogP contribution >= 0.6 is 11.6 Å². The van der Waals surface area contributed by atoms with Crippen molar-refractivity contribution in [2.45, 2.75) is 31.1 Å². The Balaban J connectivity index is 2.65. The first-order valence-electron chi connectivity index (χ1n) is 6.40. The minimum Gasteiger partial charge on any atom is -0.492 e. The summed E-state index contributed by atoms with van der Waals surface area (Å²) in [6.45, 7) is 0.495. The van der Waals surface area contributed by atoms with Crippen molar-refractivity contribution < 1.29 is 13.9 Å². The van der Waals surface area contributed by atoms with Gasteiger partial charge in [0, 0.05) is 17.5 Å². The SMILES string of the molecule is COc1c(C2(CN)CCCC2)cc(Cl)c(F)c1OC. The lowest BCUT2D eigenvalue weighted by Crippen LogP contribution is -2.32. The lowest BCUT2D eigenvalue weighted by Gasteiger charge is -2.30. The van der Waals surface area contributed by atoms with Crippen LogP contribution in [-0.2, 0) is 5.41 Å². The largest absolute Gasteiger partial charge is 0.492 e. The molecule has 1 aromatic rings. The molecule has 1 saturated carbocycles. The van der Waals surface area contributed by atoms with Crippen LogP contribution in [0.1, 0.15) is 31.2 Å². The van der Waals surface area contributed by atoms with Crippen LogP contribution in [0.4, 0.5) is 4.39 Å². The molecule has 1 aliphatic rings. The molecule has 0 bridgehead atoms. The number of benzene rings is 1. The molecule has 5 heteroatoms. The third-order valence-corrected chi connectivity index (χ3v) is 4.34. The number of hydrogen-bond acceptors (Lipinski definition) is 3. The molecule has 0 atom stereocenters. The Hall–Kier alpha value is -1.00. The molecule has 0 saturated heterocycles. The van der Waals surface area contributed by atoms with Gasteiger partial charge in [-0.1, -0.05) is 24.4 Å². The molecular weight excluding hydrogens is 269 g/mol. The van der Waals surface area contributed by atoms with Gasteiger partial charge >= 0.3 is 0 Å². The van der Waals surface area contributed by atoms with E-state index in [2.05, 4.69) is 0 Å². The summed E-state index contributed by atoms with van der Waals surface area (Å²) in [4.78, 5) is 0. The predicted octanol–water partition coefficient (Wildman–Crippen LogP) is 3.27. The maximum absolute atomic E-state index is 14.0. The van der Waals surface area contributed by atoms with E-state index < -0.39 is 5.82 Å². The van der Waals surface area contributed by atoms with Gasteiger partial charge in [0.2, 0.25) is 0 Å². The Morgan fingerprint density at radius 3 is 2.32 bits per heavy atom. The lowest BCUT2D eigenvalue weighted by molar-refractivity contribution is 0.322. The molecule has 0 spiro atoms. The van der Waals surface area contributed by atoms with Crippen molar-refractivity contribution >= 4 is 11.6 Å². The highest BCUT2D eigenvalue weighted by molar-refractivity contribution is 6.31. The zero-order valence-electron chi connectivity index (χ0n) is 11.3. The van der Waals surface area contributed by atoms with Gasteiger partial charge in [-0.15, -0.1) is 0 Å². The minimum atomic E-state index is -0.588. The molecule has 3 nitrogen and oxygen atoms in total. The van der Waals surface area contributed by atoms with Crippen LogP contribution in [0, 0.1) is 5.82 Å². The Kier molecular flexibility index (Phi) is 4.21. The fourth-order valence-corrected chi connectivity index (χ4v) is 3.20. The van der Waals surface area contributed by atoms with Gasteiger partial charge < -0.3 is 15.2 Å². The molecule has 1 aromatic carbocycles. The average molecular weight is 288 g/mol. The van der Waals surface area contributed by atoms with Gasteiger partial charge in [0.05, 0.1) is 19.2 Å². The fourth-order valence-electron chi connectivity index (χ4n) is 3.00. The first-order valence-corrected chi connectivity index (χ1v) is 6.78. The summed E-state index contributed by atoms with van der Waals surface area (Å²) in [6.07, 6.45) is 4.14. The van der Waals surface area contributed by atoms with E-state index in [0.717, 1.165) is 31.2 Å². The van der Waals surface area contributed by atoms with E-state index in [-0.39, 0.29) is 16.2 Å². The van der Waals surface area contributed by atoms with E-state index in [0.29, 0.717) is 12.3 Å². The first-order chi connectivity index (χ1) is 9.09. The van der Waals surface area contributed by atoms with Gasteiger partial charge in [-0.3, -0.25) is 0 Å². The van der Waals surface area contributed by atoms with Gasteiger partial charge in [0.15, 0.2) is 17.3 Å².